The van der Waals surface area contributed by atoms with Crippen molar-refractivity contribution in [1.29, 1.82) is 0 Å². The second-order valence-electron chi connectivity index (χ2n) is 16.9. The fourth-order valence-electron chi connectivity index (χ4n) is 9.93. The Kier molecular flexibility index (Phi) is 8.07. The van der Waals surface area contributed by atoms with Crippen molar-refractivity contribution >= 4 is 82.5 Å². The number of fused-ring (bicyclic) bond motifs is 12. The highest BCUT2D eigenvalue weighted by atomic mass is 15.1. The zero-order valence-corrected chi connectivity index (χ0v) is 35.3. The van der Waals surface area contributed by atoms with Crippen molar-refractivity contribution in [3.05, 3.63) is 216 Å². The molecule has 0 atom stereocenters. The van der Waals surface area contributed by atoms with Gasteiger partial charge in [-0.25, -0.2) is 0 Å². The van der Waals surface area contributed by atoms with E-state index in [4.69, 9.17) is 0 Å². The second-order valence-corrected chi connectivity index (χ2v) is 16.9. The van der Waals surface area contributed by atoms with Gasteiger partial charge < -0.3 is 18.6 Å². The van der Waals surface area contributed by atoms with Gasteiger partial charge in [-0.2, -0.15) is 0 Å². The maximum atomic E-state index is 2.53. The van der Waals surface area contributed by atoms with Gasteiger partial charge >= 0.3 is 0 Å². The van der Waals surface area contributed by atoms with Crippen molar-refractivity contribution < 1.29 is 0 Å². The van der Waals surface area contributed by atoms with E-state index in [-0.39, 0.29) is 0 Å². The van der Waals surface area contributed by atoms with E-state index >= 15 is 0 Å². The molecule has 9 aromatic carbocycles. The lowest BCUT2D eigenvalue weighted by Gasteiger charge is -2.26. The lowest BCUT2D eigenvalue weighted by molar-refractivity contribution is 1.14. The molecule has 62 heavy (non-hydrogen) atoms. The summed E-state index contributed by atoms with van der Waals surface area (Å²) < 4.78 is 7.56. The van der Waals surface area contributed by atoms with Crippen LogP contribution in [0.1, 0.15) is 22.3 Å². The molecule has 3 heterocycles. The zero-order valence-electron chi connectivity index (χ0n) is 35.3. The number of hydrogen-bond acceptors (Lipinski definition) is 1. The summed E-state index contributed by atoms with van der Waals surface area (Å²) in [5, 5.41) is 7.46. The van der Waals surface area contributed by atoms with Gasteiger partial charge in [0.1, 0.15) is 0 Å². The van der Waals surface area contributed by atoms with Crippen LogP contribution >= 0.6 is 0 Å². The Hall–Kier alpha value is -7.82. The first-order chi connectivity index (χ1) is 30.4. The first kappa shape index (κ1) is 36.1. The van der Waals surface area contributed by atoms with E-state index in [1.165, 1.54) is 87.7 Å². The lowest BCUT2D eigenvalue weighted by atomic mass is 10.0. The van der Waals surface area contributed by atoms with Gasteiger partial charge in [0, 0.05) is 66.4 Å². The largest absolute Gasteiger partial charge is 0.311 e. The van der Waals surface area contributed by atoms with Crippen LogP contribution < -0.4 is 4.90 Å². The Balaban J connectivity index is 1.24. The molecule has 0 spiro atoms. The summed E-state index contributed by atoms with van der Waals surface area (Å²) >= 11 is 0. The summed E-state index contributed by atoms with van der Waals surface area (Å²) in [5.74, 6) is 0. The van der Waals surface area contributed by atoms with Gasteiger partial charge in [0.2, 0.25) is 0 Å². The molecule has 0 aliphatic rings. The number of hydrogen-bond donors (Lipinski definition) is 0. The number of aromatic nitrogens is 3. The summed E-state index contributed by atoms with van der Waals surface area (Å²) in [6.45, 7) is 8.61. The molecule has 0 N–H and O–H groups in total. The quantitative estimate of drug-likeness (QED) is 0.164. The van der Waals surface area contributed by atoms with E-state index in [1.807, 2.05) is 0 Å². The molecule has 12 rings (SSSR count). The van der Waals surface area contributed by atoms with Crippen LogP contribution in [0.4, 0.5) is 17.1 Å². The van der Waals surface area contributed by atoms with Crippen LogP contribution in [-0.2, 0) is 0 Å². The first-order valence-electron chi connectivity index (χ1n) is 21.5. The predicted molar refractivity (Wildman–Crippen MR) is 263 cm³/mol. The Labute approximate surface area is 360 Å². The third-order valence-corrected chi connectivity index (χ3v) is 12.9. The summed E-state index contributed by atoms with van der Waals surface area (Å²) in [4.78, 5) is 2.35. The number of aryl methyl sites for hydroxylation is 4. The van der Waals surface area contributed by atoms with Crippen molar-refractivity contribution in [3.8, 4) is 17.1 Å². The molecule has 0 saturated carbocycles. The lowest BCUT2D eigenvalue weighted by Crippen LogP contribution is -2.10. The number of rotatable bonds is 6. The smallest absolute Gasteiger partial charge is 0.0810 e. The molecule has 0 fully saturated rings. The summed E-state index contributed by atoms with van der Waals surface area (Å²) in [6.07, 6.45) is 0. The molecule has 0 bridgehead atoms. The van der Waals surface area contributed by atoms with E-state index < -0.39 is 0 Å². The minimum Gasteiger partial charge on any atom is -0.311 e. The molecular weight excluding hydrogens is 753 g/mol. The molecule has 4 heteroatoms. The highest BCUT2D eigenvalue weighted by Crippen LogP contribution is 2.50. The molecule has 296 valence electrons. The second kappa shape index (κ2) is 13.9. The molecule has 0 aliphatic carbocycles. The van der Waals surface area contributed by atoms with E-state index in [0.717, 1.165) is 34.1 Å². The monoisotopic (exact) mass is 796 g/mol. The van der Waals surface area contributed by atoms with E-state index in [0.29, 0.717) is 0 Å². The third-order valence-electron chi connectivity index (χ3n) is 12.9. The van der Waals surface area contributed by atoms with E-state index in [2.05, 4.69) is 240 Å². The highest BCUT2D eigenvalue weighted by molar-refractivity contribution is 6.40. The molecular formula is C58H44N4. The van der Waals surface area contributed by atoms with Crippen LogP contribution in [0.15, 0.2) is 194 Å². The maximum absolute atomic E-state index is 2.53. The molecule has 12 aromatic rings. The molecule has 0 saturated heterocycles. The van der Waals surface area contributed by atoms with Gasteiger partial charge in [-0.15, -0.1) is 0 Å². The van der Waals surface area contributed by atoms with Gasteiger partial charge in [0.15, 0.2) is 0 Å². The third kappa shape index (κ3) is 5.39. The SMILES string of the molecule is Cc1ccc(N(c2ccc(C)cc2)c2ccc(-n3c4ccccc4c4c5c6ccccc6n(-c6ccc(C)cc6)c5c5c(c6ccccc6n5-c5ccc(C)cc5)c43)cc2)cc1. The van der Waals surface area contributed by atoms with Crippen molar-refractivity contribution in [2.45, 2.75) is 27.7 Å². The average molecular weight is 797 g/mol. The number of nitrogens with zero attached hydrogens (tertiary/aromatic N) is 4. The normalized spacial score (nSPS) is 11.9. The highest BCUT2D eigenvalue weighted by Gasteiger charge is 2.29. The van der Waals surface area contributed by atoms with Gasteiger partial charge in [-0.05, 0) is 119 Å². The predicted octanol–water partition coefficient (Wildman–Crippen LogP) is 15.7. The Bertz CT molecular complexity index is 3630. The standard InChI is InChI=1S/C58H44N4/c1-37-17-25-41(26-18-37)59(42-27-19-38(2)20-28-42)43-33-35-46(36-34-43)60-50-14-8-5-11-47(50)53-54-48-12-6-9-15-51(48)61(44-29-21-39(3)22-30-44)57(54)58-55(56(53)60)49-13-7-10-16-52(49)62(58)45-31-23-40(4)24-32-45/h5-36H,1-4H3. The van der Waals surface area contributed by atoms with Crippen LogP contribution in [0.5, 0.6) is 0 Å². The van der Waals surface area contributed by atoms with E-state index in [1.54, 1.807) is 0 Å². The number of anilines is 3. The molecule has 0 amide bonds. The average Bonchev–Trinajstić information content (AvgIpc) is 3.95. The molecule has 3 aromatic heterocycles. The Morgan fingerprint density at radius 2 is 0.548 bits per heavy atom. The van der Waals surface area contributed by atoms with Crippen LogP contribution in [-0.4, -0.2) is 13.7 Å². The van der Waals surface area contributed by atoms with Crippen LogP contribution in [0.3, 0.4) is 0 Å². The topological polar surface area (TPSA) is 18.0 Å². The first-order valence-corrected chi connectivity index (χ1v) is 21.5. The Morgan fingerprint density at radius 3 is 0.952 bits per heavy atom. The molecule has 0 unspecified atom stereocenters. The van der Waals surface area contributed by atoms with Gasteiger partial charge in [-0.1, -0.05) is 125 Å². The number of benzene rings is 9. The van der Waals surface area contributed by atoms with Gasteiger partial charge in [-0.3, -0.25) is 0 Å². The fraction of sp³-hybridized carbons (Fsp3) is 0.0690. The minimum absolute atomic E-state index is 1.10. The van der Waals surface area contributed by atoms with Gasteiger partial charge in [0.25, 0.3) is 0 Å². The van der Waals surface area contributed by atoms with Crippen LogP contribution in [0.25, 0.3) is 82.5 Å². The Morgan fingerprint density at radius 1 is 0.274 bits per heavy atom. The van der Waals surface area contributed by atoms with Crippen molar-refractivity contribution in [2.75, 3.05) is 4.90 Å². The van der Waals surface area contributed by atoms with Gasteiger partial charge in [0.05, 0.1) is 33.1 Å². The van der Waals surface area contributed by atoms with Crippen molar-refractivity contribution in [1.82, 2.24) is 13.7 Å². The fourth-order valence-corrected chi connectivity index (χ4v) is 9.93. The molecule has 4 nitrogen and oxygen atoms in total. The minimum atomic E-state index is 1.10. The van der Waals surface area contributed by atoms with Crippen LogP contribution in [0.2, 0.25) is 0 Å². The van der Waals surface area contributed by atoms with E-state index in [9.17, 15) is 0 Å². The van der Waals surface area contributed by atoms with Crippen LogP contribution in [0, 0.1) is 27.7 Å². The van der Waals surface area contributed by atoms with Crippen molar-refractivity contribution in [2.24, 2.45) is 0 Å². The maximum Gasteiger partial charge on any atom is 0.0810 e. The zero-order chi connectivity index (χ0) is 41.6. The molecule has 0 aliphatic heterocycles. The van der Waals surface area contributed by atoms with Crippen molar-refractivity contribution in [3.63, 3.8) is 0 Å². The summed E-state index contributed by atoms with van der Waals surface area (Å²) in [7, 11) is 0. The summed E-state index contributed by atoms with van der Waals surface area (Å²) in [5.41, 5.74) is 18.9. The number of para-hydroxylation sites is 3. The molecule has 0 radical (unpaired) electrons. The summed E-state index contributed by atoms with van der Waals surface area (Å²) in [6, 6.07) is 71.8.